The Morgan fingerprint density at radius 3 is 2.00 bits per heavy atom. The van der Waals surface area contributed by atoms with Crippen LogP contribution in [0.15, 0.2) is 83.8 Å². The molecule has 8 heteroatoms. The van der Waals surface area contributed by atoms with Crippen LogP contribution in [0.4, 0.5) is 10.5 Å². The summed E-state index contributed by atoms with van der Waals surface area (Å²) in [5.41, 5.74) is 2.22. The summed E-state index contributed by atoms with van der Waals surface area (Å²) in [7, 11) is -3.78. The Morgan fingerprint density at radius 1 is 0.857 bits per heavy atom. The van der Waals surface area contributed by atoms with Gasteiger partial charge in [0.05, 0.1) is 10.9 Å². The highest BCUT2D eigenvalue weighted by atomic mass is 35.5. The number of halogens is 1. The van der Waals surface area contributed by atoms with Gasteiger partial charge in [-0.25, -0.2) is 18.4 Å². The minimum atomic E-state index is -3.78. The van der Waals surface area contributed by atoms with Crippen LogP contribution in [0.3, 0.4) is 0 Å². The van der Waals surface area contributed by atoms with Crippen molar-refractivity contribution in [3.63, 3.8) is 0 Å². The van der Waals surface area contributed by atoms with E-state index in [1.54, 1.807) is 12.1 Å². The molecule has 0 spiro atoms. The zero-order valence-corrected chi connectivity index (χ0v) is 16.2. The van der Waals surface area contributed by atoms with E-state index in [9.17, 15) is 13.2 Å². The summed E-state index contributed by atoms with van der Waals surface area (Å²) in [5, 5.41) is 11.3. The van der Waals surface area contributed by atoms with Gasteiger partial charge in [-0.3, -0.25) is 0 Å². The molecule has 0 radical (unpaired) electrons. The minimum absolute atomic E-state index is 0.0261. The number of carbonyl (C=O) groups excluding carboxylic acids is 1. The van der Waals surface area contributed by atoms with E-state index in [1.807, 2.05) is 42.5 Å². The Balaban J connectivity index is 1.79. The van der Waals surface area contributed by atoms with Gasteiger partial charge in [0.1, 0.15) is 0 Å². The van der Waals surface area contributed by atoms with Gasteiger partial charge in [-0.2, -0.15) is 0 Å². The molecule has 3 aromatic rings. The van der Waals surface area contributed by atoms with Crippen molar-refractivity contribution < 1.29 is 13.2 Å². The molecule has 0 aromatic heterocycles. The van der Waals surface area contributed by atoms with Crippen molar-refractivity contribution >= 4 is 33.3 Å². The second-order valence-corrected chi connectivity index (χ2v) is 8.06. The molecule has 0 saturated carbocycles. The van der Waals surface area contributed by atoms with Crippen LogP contribution in [0.25, 0.3) is 0 Å². The summed E-state index contributed by atoms with van der Waals surface area (Å²) in [4.78, 5) is 12.5. The van der Waals surface area contributed by atoms with Crippen molar-refractivity contribution in [2.75, 3.05) is 5.32 Å². The summed E-state index contributed by atoms with van der Waals surface area (Å²) in [5.74, 6) is 0. The van der Waals surface area contributed by atoms with E-state index in [1.165, 1.54) is 24.3 Å². The normalized spacial score (nSPS) is 12.2. The highest BCUT2D eigenvalue weighted by Gasteiger charge is 2.17. The zero-order valence-electron chi connectivity index (χ0n) is 14.7. The first kappa shape index (κ1) is 19.9. The average Bonchev–Trinajstić information content (AvgIpc) is 2.67. The second-order valence-electron chi connectivity index (χ2n) is 6.06. The van der Waals surface area contributed by atoms with Gasteiger partial charge >= 0.3 is 6.03 Å². The molecule has 0 bridgehead atoms. The van der Waals surface area contributed by atoms with Gasteiger partial charge in [-0.15, -0.1) is 0 Å². The van der Waals surface area contributed by atoms with E-state index in [0.717, 1.165) is 11.1 Å². The summed E-state index contributed by atoms with van der Waals surface area (Å²) in [6, 6.07) is 21.5. The largest absolute Gasteiger partial charge is 0.327 e. The molecule has 144 valence electrons. The lowest BCUT2D eigenvalue weighted by atomic mass is 9.99. The van der Waals surface area contributed by atoms with Crippen LogP contribution in [0.1, 0.15) is 17.2 Å². The van der Waals surface area contributed by atoms with E-state index in [2.05, 4.69) is 10.6 Å². The summed E-state index contributed by atoms with van der Waals surface area (Å²) >= 11 is 5.97. The maximum absolute atomic E-state index is 12.5. The maximum atomic E-state index is 12.5. The number of nitrogens with one attached hydrogen (secondary N) is 2. The van der Waals surface area contributed by atoms with Gasteiger partial charge < -0.3 is 10.6 Å². The van der Waals surface area contributed by atoms with Crippen LogP contribution in [0.2, 0.25) is 5.02 Å². The zero-order chi connectivity index (χ0) is 20.1. The molecule has 28 heavy (non-hydrogen) atoms. The predicted octanol–water partition coefficient (Wildman–Crippen LogP) is 3.90. The highest BCUT2D eigenvalue weighted by molar-refractivity contribution is 7.89. The highest BCUT2D eigenvalue weighted by Crippen LogP contribution is 2.24. The smallest absolute Gasteiger partial charge is 0.319 e. The van der Waals surface area contributed by atoms with Crippen LogP contribution >= 0.6 is 11.6 Å². The number of anilines is 1. The fraction of sp³-hybridized carbons (Fsp3) is 0.0500. The van der Waals surface area contributed by atoms with Gasteiger partial charge in [-0.1, -0.05) is 54.1 Å². The molecule has 0 saturated heterocycles. The first-order valence-electron chi connectivity index (χ1n) is 8.34. The first-order chi connectivity index (χ1) is 13.3. The minimum Gasteiger partial charge on any atom is -0.327 e. The third kappa shape index (κ3) is 5.10. The number of nitrogens with two attached hydrogens (primary N) is 1. The number of hydrogen-bond donors (Lipinski definition) is 3. The number of sulfonamides is 1. The number of rotatable bonds is 5. The molecule has 3 rings (SSSR count). The van der Waals surface area contributed by atoms with Crippen molar-refractivity contribution in [2.45, 2.75) is 10.9 Å². The summed E-state index contributed by atoms with van der Waals surface area (Å²) in [6.07, 6.45) is 0. The topological polar surface area (TPSA) is 101 Å². The molecule has 0 unspecified atom stereocenters. The van der Waals surface area contributed by atoms with E-state index in [-0.39, 0.29) is 10.9 Å². The van der Waals surface area contributed by atoms with Gasteiger partial charge in [0.15, 0.2) is 0 Å². The third-order valence-electron chi connectivity index (χ3n) is 4.05. The third-order valence-corrected chi connectivity index (χ3v) is 5.23. The molecular formula is C20H18ClN3O3S. The van der Waals surface area contributed by atoms with Gasteiger partial charge in [0.25, 0.3) is 0 Å². The van der Waals surface area contributed by atoms with Crippen LogP contribution in [-0.2, 0) is 10.0 Å². The number of hydrogen-bond acceptors (Lipinski definition) is 3. The number of amides is 2. The molecule has 6 nitrogen and oxygen atoms in total. The van der Waals surface area contributed by atoms with Crippen molar-refractivity contribution in [2.24, 2.45) is 5.14 Å². The van der Waals surface area contributed by atoms with Crippen molar-refractivity contribution in [1.82, 2.24) is 5.32 Å². The van der Waals surface area contributed by atoms with E-state index in [4.69, 9.17) is 16.7 Å². The average molecular weight is 416 g/mol. The maximum Gasteiger partial charge on any atom is 0.319 e. The van der Waals surface area contributed by atoms with Gasteiger partial charge in [0, 0.05) is 10.7 Å². The van der Waals surface area contributed by atoms with E-state index >= 15 is 0 Å². The number of benzene rings is 3. The Bertz CT molecular complexity index is 1050. The molecular weight excluding hydrogens is 398 g/mol. The predicted molar refractivity (Wildman–Crippen MR) is 110 cm³/mol. The molecule has 0 aliphatic heterocycles. The summed E-state index contributed by atoms with van der Waals surface area (Å²) in [6.45, 7) is 0. The van der Waals surface area contributed by atoms with Crippen LogP contribution in [0.5, 0.6) is 0 Å². The molecule has 3 aromatic carbocycles. The lowest BCUT2D eigenvalue weighted by molar-refractivity contribution is 0.250. The van der Waals surface area contributed by atoms with Crippen molar-refractivity contribution in [1.29, 1.82) is 0 Å². The SMILES string of the molecule is NS(=O)(=O)c1ccc(NC(=O)N[C@@H](c2ccccc2)c2ccc(Cl)cc2)cc1. The molecule has 2 amide bonds. The molecule has 0 heterocycles. The number of carbonyl (C=O) groups is 1. The first-order valence-corrected chi connectivity index (χ1v) is 10.3. The standard InChI is InChI=1S/C20H18ClN3O3S/c21-16-8-6-15(7-9-16)19(14-4-2-1-3-5-14)24-20(25)23-17-10-12-18(13-11-17)28(22,26)27/h1-13,19H,(H2,22,26,27)(H2,23,24,25)/t19-/m0/s1. The van der Waals surface area contributed by atoms with Gasteiger partial charge in [0.2, 0.25) is 10.0 Å². The lowest BCUT2D eigenvalue weighted by Crippen LogP contribution is -2.33. The lowest BCUT2D eigenvalue weighted by Gasteiger charge is -2.20. The molecule has 1 atom stereocenters. The monoisotopic (exact) mass is 415 g/mol. The molecule has 0 aliphatic rings. The molecule has 0 aliphatic carbocycles. The molecule has 4 N–H and O–H groups in total. The fourth-order valence-electron chi connectivity index (χ4n) is 2.69. The Labute approximate surface area is 168 Å². The van der Waals surface area contributed by atoms with Crippen LogP contribution in [0, 0.1) is 0 Å². The number of primary sulfonamides is 1. The van der Waals surface area contributed by atoms with Crippen LogP contribution < -0.4 is 15.8 Å². The Hall–Kier alpha value is -2.87. The van der Waals surface area contributed by atoms with Gasteiger partial charge in [-0.05, 0) is 47.5 Å². The summed E-state index contributed by atoms with van der Waals surface area (Å²) < 4.78 is 22.6. The number of urea groups is 1. The van der Waals surface area contributed by atoms with Crippen LogP contribution in [-0.4, -0.2) is 14.4 Å². The Kier molecular flexibility index (Phi) is 5.99. The fourth-order valence-corrected chi connectivity index (χ4v) is 3.33. The Morgan fingerprint density at radius 2 is 1.43 bits per heavy atom. The molecule has 0 fully saturated rings. The van der Waals surface area contributed by atoms with E-state index < -0.39 is 16.1 Å². The van der Waals surface area contributed by atoms with Crippen molar-refractivity contribution in [3.8, 4) is 0 Å². The van der Waals surface area contributed by atoms with E-state index in [0.29, 0.717) is 10.7 Å². The second kappa shape index (κ2) is 8.43. The van der Waals surface area contributed by atoms with Crippen molar-refractivity contribution in [3.05, 3.63) is 95.0 Å². The quantitative estimate of drug-likeness (QED) is 0.589.